The number of carbonyl (C=O) groups is 2. The Kier molecular flexibility index (Phi) is 63.4. The second-order valence-electron chi connectivity index (χ2n) is 25.6. The monoisotopic (exact) mass is 1200 g/mol. The molecule has 0 aliphatic carbocycles. The molecule has 0 spiro atoms. The highest BCUT2D eigenvalue weighted by molar-refractivity contribution is 7.47. The molecule has 2 unspecified atom stereocenters. The fourth-order valence-corrected chi connectivity index (χ4v) is 11.3. The summed E-state index contributed by atoms with van der Waals surface area (Å²) in [5.74, 6) is -0.775. The van der Waals surface area contributed by atoms with Crippen LogP contribution in [0, 0.1) is 0 Å². The third-order valence-corrected chi connectivity index (χ3v) is 17.0. The van der Waals surface area contributed by atoms with Gasteiger partial charge in [-0.2, -0.15) is 0 Å². The van der Waals surface area contributed by atoms with E-state index in [1.165, 1.54) is 250 Å². The minimum atomic E-state index is -4.39. The molecule has 0 aromatic rings. The Bertz CT molecular complexity index is 1600. The molecule has 0 heterocycles. The second-order valence-corrected chi connectivity index (χ2v) is 27.1. The third-order valence-electron chi connectivity index (χ3n) is 16.1. The second kappa shape index (κ2) is 65.2. The standard InChI is InChI=1S/C74H138NO8P/c1-6-8-10-12-14-16-18-20-22-24-26-27-28-29-30-31-32-33-34-35-36-37-38-39-40-41-42-43-44-45-46-47-49-51-53-55-57-59-61-63-65-67-74(77)83-72(71-82-84(78,79)81-69-68-75(3,4)5)70-80-73(76)66-64-62-60-58-56-54-52-50-48-25-23-21-19-17-15-13-11-9-7-2/h8,10,14,16,20,22,26-27,29-30,72H,6-7,9,11-13,15,17-19,21,23-25,28,31-71H2,1-5H3/p+1/b10-8-,16-14-,22-20-,27-26-,30-29-. The van der Waals surface area contributed by atoms with E-state index in [4.69, 9.17) is 18.5 Å². The predicted molar refractivity (Wildman–Crippen MR) is 363 cm³/mol. The van der Waals surface area contributed by atoms with Crippen molar-refractivity contribution in [1.82, 2.24) is 0 Å². The Morgan fingerprint density at radius 2 is 0.679 bits per heavy atom. The van der Waals surface area contributed by atoms with Crippen molar-refractivity contribution in [1.29, 1.82) is 0 Å². The molecular formula is C74H139NO8P+. The molecule has 0 aromatic carbocycles. The maximum Gasteiger partial charge on any atom is 0.472 e. The predicted octanol–water partition coefficient (Wildman–Crippen LogP) is 23.4. The number of esters is 2. The SMILES string of the molecule is CC/C=C\C/C=C\C/C=C\C/C=C\C/C=C\CCCCCCCCCCCCCCCCCCCCCCCCCCCC(=O)OC(COC(=O)CCCCCCCCCCCCCCCCCCCCC)COP(=O)(O)OCC[N+](C)(C)C. The van der Waals surface area contributed by atoms with Gasteiger partial charge in [-0.1, -0.05) is 338 Å². The lowest BCUT2D eigenvalue weighted by Gasteiger charge is -2.24. The van der Waals surface area contributed by atoms with Crippen LogP contribution in [-0.2, 0) is 32.7 Å². The number of quaternary nitrogens is 1. The van der Waals surface area contributed by atoms with Gasteiger partial charge in [-0.05, 0) is 57.8 Å². The lowest BCUT2D eigenvalue weighted by molar-refractivity contribution is -0.870. The zero-order valence-electron chi connectivity index (χ0n) is 56.1. The molecule has 0 aromatic heterocycles. The van der Waals surface area contributed by atoms with Gasteiger partial charge in [0.15, 0.2) is 6.10 Å². The largest absolute Gasteiger partial charge is 0.472 e. The first kappa shape index (κ1) is 81.7. The minimum Gasteiger partial charge on any atom is -0.462 e. The Morgan fingerprint density at radius 3 is 1.01 bits per heavy atom. The first-order valence-electron chi connectivity index (χ1n) is 36.0. The number of allylic oxidation sites excluding steroid dienone is 10. The highest BCUT2D eigenvalue weighted by atomic mass is 31.2. The van der Waals surface area contributed by atoms with Crippen LogP contribution in [0.2, 0.25) is 0 Å². The molecule has 0 saturated carbocycles. The van der Waals surface area contributed by atoms with Crippen molar-refractivity contribution in [2.75, 3.05) is 47.5 Å². The fraction of sp³-hybridized carbons (Fsp3) is 0.838. The van der Waals surface area contributed by atoms with Gasteiger partial charge in [0.05, 0.1) is 27.7 Å². The average Bonchev–Trinajstić information content (AvgIpc) is 3.61. The molecule has 84 heavy (non-hydrogen) atoms. The van der Waals surface area contributed by atoms with Crippen molar-refractivity contribution in [3.8, 4) is 0 Å². The maximum atomic E-state index is 12.9. The molecule has 2 atom stereocenters. The number of unbranched alkanes of at least 4 members (excludes halogenated alkanes) is 43. The van der Waals surface area contributed by atoms with E-state index in [9.17, 15) is 19.0 Å². The number of rotatable bonds is 67. The molecule has 0 aliphatic heterocycles. The highest BCUT2D eigenvalue weighted by Crippen LogP contribution is 2.43. The Labute approximate surface area is 521 Å². The lowest BCUT2D eigenvalue weighted by Crippen LogP contribution is -2.37. The highest BCUT2D eigenvalue weighted by Gasteiger charge is 2.27. The summed E-state index contributed by atoms with van der Waals surface area (Å²) in [6.07, 6.45) is 86.3. The van der Waals surface area contributed by atoms with Gasteiger partial charge in [0.1, 0.15) is 19.8 Å². The van der Waals surface area contributed by atoms with Crippen molar-refractivity contribution >= 4 is 19.8 Å². The van der Waals surface area contributed by atoms with Gasteiger partial charge < -0.3 is 18.9 Å². The molecular weight excluding hydrogens is 1060 g/mol. The molecule has 492 valence electrons. The van der Waals surface area contributed by atoms with Crippen LogP contribution in [0.1, 0.15) is 348 Å². The summed E-state index contributed by atoms with van der Waals surface area (Å²) >= 11 is 0. The summed E-state index contributed by atoms with van der Waals surface area (Å²) in [5, 5.41) is 0. The number of phosphoric acid groups is 1. The summed E-state index contributed by atoms with van der Waals surface area (Å²) < 4.78 is 34.7. The third kappa shape index (κ3) is 68.8. The van der Waals surface area contributed by atoms with E-state index < -0.39 is 26.5 Å². The van der Waals surface area contributed by atoms with Crippen molar-refractivity contribution < 1.29 is 42.1 Å². The molecule has 0 radical (unpaired) electrons. The van der Waals surface area contributed by atoms with Gasteiger partial charge in [0.2, 0.25) is 0 Å². The van der Waals surface area contributed by atoms with Crippen molar-refractivity contribution in [3.05, 3.63) is 60.8 Å². The number of ether oxygens (including phenoxy) is 2. The maximum absolute atomic E-state index is 12.9. The molecule has 10 heteroatoms. The Morgan fingerprint density at radius 1 is 0.381 bits per heavy atom. The average molecular weight is 1200 g/mol. The van der Waals surface area contributed by atoms with Gasteiger partial charge in [-0.25, -0.2) is 4.57 Å². The summed E-state index contributed by atoms with van der Waals surface area (Å²) in [5.41, 5.74) is 0. The van der Waals surface area contributed by atoms with Gasteiger partial charge >= 0.3 is 19.8 Å². The van der Waals surface area contributed by atoms with Crippen LogP contribution in [0.3, 0.4) is 0 Å². The van der Waals surface area contributed by atoms with Crippen LogP contribution >= 0.6 is 7.82 Å². The topological polar surface area (TPSA) is 108 Å². The number of nitrogens with zero attached hydrogens (tertiary/aromatic N) is 1. The van der Waals surface area contributed by atoms with Crippen LogP contribution in [0.25, 0.3) is 0 Å². The van der Waals surface area contributed by atoms with E-state index in [-0.39, 0.29) is 25.6 Å². The van der Waals surface area contributed by atoms with Gasteiger partial charge in [-0.15, -0.1) is 0 Å². The summed E-state index contributed by atoms with van der Waals surface area (Å²) in [4.78, 5) is 35.8. The first-order valence-corrected chi connectivity index (χ1v) is 37.5. The van der Waals surface area contributed by atoms with E-state index in [1.54, 1.807) is 0 Å². The van der Waals surface area contributed by atoms with E-state index in [2.05, 4.69) is 74.6 Å². The van der Waals surface area contributed by atoms with E-state index >= 15 is 0 Å². The molecule has 1 N–H and O–H groups in total. The number of carbonyl (C=O) groups excluding carboxylic acids is 2. The molecule has 0 rings (SSSR count). The first-order chi connectivity index (χ1) is 41.0. The van der Waals surface area contributed by atoms with Crippen molar-refractivity contribution in [3.63, 3.8) is 0 Å². The summed E-state index contributed by atoms with van der Waals surface area (Å²) in [6, 6.07) is 0. The zero-order valence-corrected chi connectivity index (χ0v) is 57.0. The van der Waals surface area contributed by atoms with Gasteiger partial charge in [0, 0.05) is 12.8 Å². The van der Waals surface area contributed by atoms with Crippen molar-refractivity contribution in [2.24, 2.45) is 0 Å². The molecule has 0 bridgehead atoms. The smallest absolute Gasteiger partial charge is 0.462 e. The van der Waals surface area contributed by atoms with E-state index in [0.717, 1.165) is 64.2 Å². The fourth-order valence-electron chi connectivity index (χ4n) is 10.6. The molecule has 0 saturated heterocycles. The van der Waals surface area contributed by atoms with E-state index in [0.29, 0.717) is 23.9 Å². The minimum absolute atomic E-state index is 0.0348. The van der Waals surface area contributed by atoms with Crippen LogP contribution in [0.4, 0.5) is 0 Å². The lowest BCUT2D eigenvalue weighted by atomic mass is 10.0. The van der Waals surface area contributed by atoms with Crippen LogP contribution in [0.15, 0.2) is 60.8 Å². The van der Waals surface area contributed by atoms with E-state index in [1.807, 2.05) is 21.1 Å². The van der Waals surface area contributed by atoms with Crippen LogP contribution in [0.5, 0.6) is 0 Å². The molecule has 0 fully saturated rings. The molecule has 9 nitrogen and oxygen atoms in total. The summed E-state index contributed by atoms with van der Waals surface area (Å²) in [7, 11) is 1.50. The van der Waals surface area contributed by atoms with Crippen molar-refractivity contribution in [2.45, 2.75) is 354 Å². The van der Waals surface area contributed by atoms with Crippen LogP contribution in [-0.4, -0.2) is 74.9 Å². The quantitative estimate of drug-likeness (QED) is 0.0211. The number of likely N-dealkylation sites (N-methyl/N-ethyl adjacent to an activating group) is 1. The zero-order chi connectivity index (χ0) is 61.2. The Balaban J connectivity index is 3.89. The summed E-state index contributed by atoms with van der Waals surface area (Å²) in [6.45, 7) is 4.38. The molecule has 0 aliphatic rings. The van der Waals surface area contributed by atoms with Gasteiger partial charge in [-0.3, -0.25) is 18.6 Å². The Hall–Kier alpha value is -2.29. The number of hydrogen-bond acceptors (Lipinski definition) is 7. The van der Waals surface area contributed by atoms with Crippen LogP contribution < -0.4 is 0 Å². The number of hydrogen-bond donors (Lipinski definition) is 1. The number of phosphoric ester groups is 1. The van der Waals surface area contributed by atoms with Gasteiger partial charge in [0.25, 0.3) is 0 Å². The molecule has 0 amide bonds. The normalized spacial score (nSPS) is 13.5.